The van der Waals surface area contributed by atoms with E-state index in [0.717, 1.165) is 5.56 Å². The van der Waals surface area contributed by atoms with E-state index in [-0.39, 0.29) is 11.8 Å². The van der Waals surface area contributed by atoms with Gasteiger partial charge in [0, 0.05) is 0 Å². The topological polar surface area (TPSA) is 66.4 Å². The van der Waals surface area contributed by atoms with Gasteiger partial charge in [-0.2, -0.15) is 0 Å². The molecule has 1 aromatic rings. The largest absolute Gasteiger partial charge is 0.480 e. The highest BCUT2D eigenvalue weighted by Gasteiger charge is 2.34. The molecule has 1 aromatic carbocycles. The summed E-state index contributed by atoms with van der Waals surface area (Å²) < 4.78 is 0. The van der Waals surface area contributed by atoms with Crippen LogP contribution in [0, 0.1) is 5.92 Å². The second kappa shape index (κ2) is 6.55. The molecule has 20 heavy (non-hydrogen) atoms. The van der Waals surface area contributed by atoms with Crippen molar-refractivity contribution in [3.8, 4) is 0 Å². The normalized spacial score (nSPS) is 14.4. The summed E-state index contributed by atoms with van der Waals surface area (Å²) >= 11 is 0. The summed E-state index contributed by atoms with van der Waals surface area (Å²) in [7, 11) is 0. The number of carbonyl (C=O) groups excluding carboxylic acids is 1. The molecule has 0 aliphatic carbocycles. The SMILES string of the molecule is CCC(C)C(NC(=O)C(C)(C)c1ccccc1)C(=O)O. The molecule has 0 radical (unpaired) electrons. The van der Waals surface area contributed by atoms with Crippen LogP contribution in [0.1, 0.15) is 39.7 Å². The first-order valence-electron chi connectivity index (χ1n) is 6.90. The number of carboxylic acid groups (broad SMARTS) is 1. The summed E-state index contributed by atoms with van der Waals surface area (Å²) in [6, 6.07) is 8.52. The van der Waals surface area contributed by atoms with Crippen molar-refractivity contribution in [3.63, 3.8) is 0 Å². The van der Waals surface area contributed by atoms with Crippen LogP contribution in [0.2, 0.25) is 0 Å². The molecule has 0 aliphatic rings. The maximum atomic E-state index is 12.4. The summed E-state index contributed by atoms with van der Waals surface area (Å²) in [5.74, 6) is -1.36. The van der Waals surface area contributed by atoms with E-state index in [1.54, 1.807) is 13.8 Å². The van der Waals surface area contributed by atoms with Crippen molar-refractivity contribution in [2.24, 2.45) is 5.92 Å². The maximum Gasteiger partial charge on any atom is 0.326 e. The van der Waals surface area contributed by atoms with Gasteiger partial charge in [-0.1, -0.05) is 50.6 Å². The van der Waals surface area contributed by atoms with Crippen LogP contribution >= 0.6 is 0 Å². The van der Waals surface area contributed by atoms with Gasteiger partial charge in [-0.15, -0.1) is 0 Å². The van der Waals surface area contributed by atoms with Gasteiger partial charge in [0.2, 0.25) is 5.91 Å². The van der Waals surface area contributed by atoms with Crippen molar-refractivity contribution in [1.29, 1.82) is 0 Å². The minimum Gasteiger partial charge on any atom is -0.480 e. The summed E-state index contributed by atoms with van der Waals surface area (Å²) in [6.07, 6.45) is 0.697. The molecule has 1 amide bonds. The monoisotopic (exact) mass is 277 g/mol. The second-order valence-electron chi connectivity index (χ2n) is 5.67. The van der Waals surface area contributed by atoms with Gasteiger partial charge in [-0.05, 0) is 25.3 Å². The lowest BCUT2D eigenvalue weighted by Gasteiger charge is -2.28. The molecule has 0 fully saturated rings. The molecule has 2 atom stereocenters. The maximum absolute atomic E-state index is 12.4. The molecule has 0 aliphatic heterocycles. The van der Waals surface area contributed by atoms with Crippen LogP contribution in [-0.4, -0.2) is 23.0 Å². The summed E-state index contributed by atoms with van der Waals surface area (Å²) in [4.78, 5) is 23.7. The first-order valence-corrected chi connectivity index (χ1v) is 6.90. The first-order chi connectivity index (χ1) is 9.30. The lowest BCUT2D eigenvalue weighted by molar-refractivity contribution is -0.144. The molecule has 0 bridgehead atoms. The van der Waals surface area contributed by atoms with Crippen LogP contribution in [0.5, 0.6) is 0 Å². The molecular weight excluding hydrogens is 254 g/mol. The number of aliphatic carboxylic acids is 1. The zero-order chi connectivity index (χ0) is 15.3. The molecule has 4 heteroatoms. The molecule has 0 saturated heterocycles. The van der Waals surface area contributed by atoms with Crippen molar-refractivity contribution in [2.45, 2.75) is 45.6 Å². The van der Waals surface area contributed by atoms with E-state index in [9.17, 15) is 14.7 Å². The Morgan fingerprint density at radius 1 is 1.25 bits per heavy atom. The van der Waals surface area contributed by atoms with Gasteiger partial charge in [0.05, 0.1) is 5.41 Å². The van der Waals surface area contributed by atoms with Gasteiger partial charge in [0.1, 0.15) is 6.04 Å². The van der Waals surface area contributed by atoms with Crippen molar-refractivity contribution in [1.82, 2.24) is 5.32 Å². The third-order valence-electron chi connectivity index (χ3n) is 3.83. The fourth-order valence-electron chi connectivity index (χ4n) is 1.99. The highest BCUT2D eigenvalue weighted by Crippen LogP contribution is 2.23. The van der Waals surface area contributed by atoms with Crippen LogP contribution in [0.25, 0.3) is 0 Å². The number of carboxylic acids is 1. The Morgan fingerprint density at radius 3 is 2.25 bits per heavy atom. The Bertz CT molecular complexity index is 468. The zero-order valence-corrected chi connectivity index (χ0v) is 12.5. The predicted octanol–water partition coefficient (Wildman–Crippen LogP) is 2.58. The van der Waals surface area contributed by atoms with Gasteiger partial charge >= 0.3 is 5.97 Å². The Hall–Kier alpha value is -1.84. The molecule has 2 unspecified atom stereocenters. The minimum atomic E-state index is -0.989. The Labute approximate surface area is 120 Å². The molecule has 0 aromatic heterocycles. The van der Waals surface area contributed by atoms with Crippen LogP contribution in [-0.2, 0) is 15.0 Å². The fraction of sp³-hybridized carbons (Fsp3) is 0.500. The lowest BCUT2D eigenvalue weighted by Crippen LogP contribution is -2.50. The number of amides is 1. The Balaban J connectivity index is 2.91. The highest BCUT2D eigenvalue weighted by atomic mass is 16.4. The van der Waals surface area contributed by atoms with Crippen LogP contribution in [0.4, 0.5) is 0 Å². The fourth-order valence-corrected chi connectivity index (χ4v) is 1.99. The number of benzene rings is 1. The van der Waals surface area contributed by atoms with Crippen LogP contribution in [0.15, 0.2) is 30.3 Å². The molecule has 0 saturated carbocycles. The third kappa shape index (κ3) is 3.59. The molecule has 110 valence electrons. The molecule has 0 heterocycles. The van der Waals surface area contributed by atoms with Crippen LogP contribution in [0.3, 0.4) is 0 Å². The number of rotatable bonds is 6. The number of hydrogen-bond acceptors (Lipinski definition) is 2. The lowest BCUT2D eigenvalue weighted by atomic mass is 9.83. The first kappa shape index (κ1) is 16.2. The molecule has 4 nitrogen and oxygen atoms in total. The smallest absolute Gasteiger partial charge is 0.326 e. The zero-order valence-electron chi connectivity index (χ0n) is 12.5. The Kier molecular flexibility index (Phi) is 5.31. The average Bonchev–Trinajstić information content (AvgIpc) is 2.44. The van der Waals surface area contributed by atoms with E-state index >= 15 is 0 Å². The molecule has 2 N–H and O–H groups in total. The summed E-state index contributed by atoms with van der Waals surface area (Å²) in [6.45, 7) is 7.34. The number of carbonyl (C=O) groups is 2. The van der Waals surface area contributed by atoms with E-state index in [1.165, 1.54) is 0 Å². The van der Waals surface area contributed by atoms with E-state index in [2.05, 4.69) is 5.32 Å². The third-order valence-corrected chi connectivity index (χ3v) is 3.83. The minimum absolute atomic E-state index is 0.108. The van der Waals surface area contributed by atoms with Crippen molar-refractivity contribution in [3.05, 3.63) is 35.9 Å². The molecular formula is C16H23NO3. The van der Waals surface area contributed by atoms with Gasteiger partial charge in [0.15, 0.2) is 0 Å². The van der Waals surface area contributed by atoms with Gasteiger partial charge in [-0.3, -0.25) is 4.79 Å². The summed E-state index contributed by atoms with van der Waals surface area (Å²) in [5, 5.41) is 11.9. The molecule has 1 rings (SSSR count). The predicted molar refractivity (Wildman–Crippen MR) is 78.5 cm³/mol. The number of hydrogen-bond donors (Lipinski definition) is 2. The quantitative estimate of drug-likeness (QED) is 0.840. The molecule has 0 spiro atoms. The standard InChI is InChI=1S/C16H23NO3/c1-5-11(2)13(14(18)19)17-15(20)16(3,4)12-9-7-6-8-10-12/h6-11,13H,5H2,1-4H3,(H,17,20)(H,18,19). The van der Waals surface area contributed by atoms with E-state index < -0.39 is 17.4 Å². The van der Waals surface area contributed by atoms with Crippen LogP contribution < -0.4 is 5.32 Å². The van der Waals surface area contributed by atoms with Gasteiger partial charge in [0.25, 0.3) is 0 Å². The van der Waals surface area contributed by atoms with E-state index in [4.69, 9.17) is 0 Å². The van der Waals surface area contributed by atoms with Crippen molar-refractivity contribution >= 4 is 11.9 Å². The average molecular weight is 277 g/mol. The van der Waals surface area contributed by atoms with Crippen molar-refractivity contribution in [2.75, 3.05) is 0 Å². The highest BCUT2D eigenvalue weighted by molar-refractivity contribution is 5.90. The van der Waals surface area contributed by atoms with E-state index in [1.807, 2.05) is 44.2 Å². The van der Waals surface area contributed by atoms with Gasteiger partial charge < -0.3 is 10.4 Å². The van der Waals surface area contributed by atoms with Crippen molar-refractivity contribution < 1.29 is 14.7 Å². The summed E-state index contributed by atoms with van der Waals surface area (Å²) in [5.41, 5.74) is 0.105. The second-order valence-corrected chi connectivity index (χ2v) is 5.67. The Morgan fingerprint density at radius 2 is 1.80 bits per heavy atom. The van der Waals surface area contributed by atoms with Gasteiger partial charge in [-0.25, -0.2) is 4.79 Å². The number of nitrogens with one attached hydrogen (secondary N) is 1. The van der Waals surface area contributed by atoms with E-state index in [0.29, 0.717) is 6.42 Å².